The minimum Gasteiger partial charge on any atom is -0.480 e. The van der Waals surface area contributed by atoms with Gasteiger partial charge in [-0.15, -0.1) is 0 Å². The average Bonchev–Trinajstić information content (AvgIpc) is 2.46. The monoisotopic (exact) mass is 325 g/mol. The zero-order valence-electron chi connectivity index (χ0n) is 12.1. The largest absolute Gasteiger partial charge is 0.480 e. The predicted octanol–water partition coefficient (Wildman–Crippen LogP) is 0.925. The molecule has 1 aromatic carbocycles. The van der Waals surface area contributed by atoms with Crippen LogP contribution in [0.25, 0.3) is 0 Å². The maximum absolute atomic E-state index is 12.5. The highest BCUT2D eigenvalue weighted by molar-refractivity contribution is 7.91. The number of aliphatic carboxylic acids is 1. The molecule has 6 nitrogen and oxygen atoms in total. The van der Waals surface area contributed by atoms with Crippen LogP contribution in [0.4, 0.5) is 0 Å². The van der Waals surface area contributed by atoms with Crippen LogP contribution < -0.4 is 0 Å². The molecule has 1 fully saturated rings. The summed E-state index contributed by atoms with van der Waals surface area (Å²) < 4.78 is 22.9. The van der Waals surface area contributed by atoms with E-state index < -0.39 is 21.7 Å². The Morgan fingerprint density at radius 2 is 1.73 bits per heavy atom. The Hall–Kier alpha value is -1.89. The number of carboxylic acids is 1. The fourth-order valence-corrected chi connectivity index (χ4v) is 4.07. The number of amides is 1. The molecule has 0 radical (unpaired) electrons. The highest BCUT2D eigenvalue weighted by Gasteiger charge is 2.32. The van der Waals surface area contributed by atoms with Gasteiger partial charge in [0.25, 0.3) is 0 Å². The molecule has 0 aromatic heterocycles. The third-order valence-corrected chi connectivity index (χ3v) is 5.47. The van der Waals surface area contributed by atoms with Crippen LogP contribution in [0.3, 0.4) is 0 Å². The lowest BCUT2D eigenvalue weighted by Gasteiger charge is -2.28. The van der Waals surface area contributed by atoms with E-state index in [1.54, 1.807) is 0 Å². The first kappa shape index (κ1) is 16.5. The fourth-order valence-electron chi connectivity index (χ4n) is 2.57. The lowest BCUT2D eigenvalue weighted by Crippen LogP contribution is -2.41. The van der Waals surface area contributed by atoms with Crippen molar-refractivity contribution in [3.63, 3.8) is 0 Å². The summed E-state index contributed by atoms with van der Waals surface area (Å²) in [6.45, 7) is -0.161. The lowest BCUT2D eigenvalue weighted by molar-refractivity contribution is -0.147. The third kappa shape index (κ3) is 4.56. The summed E-state index contributed by atoms with van der Waals surface area (Å²) in [4.78, 5) is 24.8. The van der Waals surface area contributed by atoms with Crippen molar-refractivity contribution >= 4 is 21.7 Å². The van der Waals surface area contributed by atoms with Crippen molar-refractivity contribution in [1.29, 1.82) is 0 Å². The van der Waals surface area contributed by atoms with Gasteiger partial charge in [0, 0.05) is 12.5 Å². The first-order valence-corrected chi connectivity index (χ1v) is 8.94. The topological polar surface area (TPSA) is 91.8 Å². The van der Waals surface area contributed by atoms with Crippen LogP contribution in [0.15, 0.2) is 30.3 Å². The summed E-state index contributed by atoms with van der Waals surface area (Å²) >= 11 is 0. The predicted molar refractivity (Wildman–Crippen MR) is 80.9 cm³/mol. The summed E-state index contributed by atoms with van der Waals surface area (Å²) in [6.07, 6.45) is 0.540. The lowest BCUT2D eigenvalue weighted by atomic mass is 10.0. The standard InChI is InChI=1S/C15H19NO5S/c17-14(18)11-16(10-12-4-2-1-3-5-12)15(19)13-6-8-22(20,21)9-7-13/h1-5,13H,6-11H2,(H,17,18). The SMILES string of the molecule is O=C(O)CN(Cc1ccccc1)C(=O)C1CCS(=O)(=O)CC1. The number of sulfone groups is 1. The van der Waals surface area contributed by atoms with Crippen molar-refractivity contribution in [1.82, 2.24) is 4.90 Å². The molecule has 1 aromatic rings. The molecule has 1 amide bonds. The second-order valence-corrected chi connectivity index (χ2v) is 7.80. The van der Waals surface area contributed by atoms with Gasteiger partial charge in [-0.2, -0.15) is 0 Å². The van der Waals surface area contributed by atoms with Crippen molar-refractivity contribution in [3.05, 3.63) is 35.9 Å². The molecule has 1 saturated heterocycles. The molecule has 1 heterocycles. The van der Waals surface area contributed by atoms with Gasteiger partial charge in [-0.3, -0.25) is 9.59 Å². The quantitative estimate of drug-likeness (QED) is 0.869. The molecule has 1 N–H and O–H groups in total. The maximum atomic E-state index is 12.5. The summed E-state index contributed by atoms with van der Waals surface area (Å²) in [5, 5.41) is 9.00. The van der Waals surface area contributed by atoms with Crippen molar-refractivity contribution in [3.8, 4) is 0 Å². The number of benzene rings is 1. The van der Waals surface area contributed by atoms with E-state index in [2.05, 4.69) is 0 Å². The van der Waals surface area contributed by atoms with Crippen LogP contribution in [-0.2, 0) is 26.0 Å². The van der Waals surface area contributed by atoms with E-state index in [0.29, 0.717) is 0 Å². The van der Waals surface area contributed by atoms with Gasteiger partial charge >= 0.3 is 5.97 Å². The Morgan fingerprint density at radius 1 is 1.14 bits per heavy atom. The van der Waals surface area contributed by atoms with Crippen molar-refractivity contribution in [2.75, 3.05) is 18.1 Å². The molecule has 1 aliphatic heterocycles. The molecule has 0 bridgehead atoms. The molecule has 0 spiro atoms. The number of carbonyl (C=O) groups excluding carboxylic acids is 1. The zero-order chi connectivity index (χ0) is 16.2. The zero-order valence-corrected chi connectivity index (χ0v) is 13.0. The fraction of sp³-hybridized carbons (Fsp3) is 0.467. The van der Waals surface area contributed by atoms with E-state index in [0.717, 1.165) is 5.56 Å². The van der Waals surface area contributed by atoms with E-state index in [1.807, 2.05) is 30.3 Å². The molecule has 1 aliphatic rings. The van der Waals surface area contributed by atoms with Crippen molar-refractivity contribution in [2.24, 2.45) is 5.92 Å². The van der Waals surface area contributed by atoms with Gasteiger partial charge in [0.15, 0.2) is 0 Å². The van der Waals surface area contributed by atoms with Crippen LogP contribution in [0, 0.1) is 5.92 Å². The van der Waals surface area contributed by atoms with E-state index in [-0.39, 0.29) is 43.3 Å². The van der Waals surface area contributed by atoms with Gasteiger partial charge in [0.2, 0.25) is 5.91 Å². The number of carbonyl (C=O) groups is 2. The first-order valence-electron chi connectivity index (χ1n) is 7.12. The Balaban J connectivity index is 2.08. The number of rotatable bonds is 5. The minimum absolute atomic E-state index is 0.00431. The summed E-state index contributed by atoms with van der Waals surface area (Å²) in [7, 11) is -3.04. The van der Waals surface area contributed by atoms with Crippen LogP contribution >= 0.6 is 0 Å². The average molecular weight is 325 g/mol. The highest BCUT2D eigenvalue weighted by atomic mass is 32.2. The molecule has 0 atom stereocenters. The molecular formula is C15H19NO5S. The van der Waals surface area contributed by atoms with E-state index in [1.165, 1.54) is 4.90 Å². The Kier molecular flexibility index (Phi) is 5.18. The maximum Gasteiger partial charge on any atom is 0.323 e. The summed E-state index contributed by atoms with van der Waals surface area (Å²) in [5.74, 6) is -1.77. The van der Waals surface area contributed by atoms with Crippen LogP contribution in [-0.4, -0.2) is 48.4 Å². The number of hydrogen-bond acceptors (Lipinski definition) is 4. The van der Waals surface area contributed by atoms with Gasteiger partial charge in [-0.25, -0.2) is 8.42 Å². The number of nitrogens with zero attached hydrogens (tertiary/aromatic N) is 1. The smallest absolute Gasteiger partial charge is 0.323 e. The molecule has 0 unspecified atom stereocenters. The van der Waals surface area contributed by atoms with E-state index in [9.17, 15) is 18.0 Å². The molecule has 120 valence electrons. The molecule has 0 aliphatic carbocycles. The van der Waals surface area contributed by atoms with Crippen molar-refractivity contribution < 1.29 is 23.1 Å². The van der Waals surface area contributed by atoms with Gasteiger partial charge < -0.3 is 10.0 Å². The molecular weight excluding hydrogens is 306 g/mol. The molecule has 22 heavy (non-hydrogen) atoms. The highest BCUT2D eigenvalue weighted by Crippen LogP contribution is 2.22. The van der Waals surface area contributed by atoms with E-state index in [4.69, 9.17) is 5.11 Å². The Morgan fingerprint density at radius 3 is 2.27 bits per heavy atom. The van der Waals surface area contributed by atoms with Gasteiger partial charge in [-0.05, 0) is 18.4 Å². The molecule has 2 rings (SSSR count). The van der Waals surface area contributed by atoms with Crippen LogP contribution in [0.5, 0.6) is 0 Å². The van der Waals surface area contributed by atoms with Crippen molar-refractivity contribution in [2.45, 2.75) is 19.4 Å². The Labute approximate surface area is 129 Å². The summed E-state index contributed by atoms with van der Waals surface area (Å²) in [5.41, 5.74) is 0.848. The minimum atomic E-state index is -3.04. The molecule has 0 saturated carbocycles. The Bertz CT molecular complexity index is 627. The summed E-state index contributed by atoms with van der Waals surface area (Å²) in [6, 6.07) is 9.15. The van der Waals surface area contributed by atoms with Gasteiger partial charge in [-0.1, -0.05) is 30.3 Å². The number of hydrogen-bond donors (Lipinski definition) is 1. The number of carboxylic acid groups (broad SMARTS) is 1. The van der Waals surface area contributed by atoms with Crippen LogP contribution in [0.1, 0.15) is 18.4 Å². The second-order valence-electron chi connectivity index (χ2n) is 5.50. The normalized spacial score (nSPS) is 17.8. The van der Waals surface area contributed by atoms with Gasteiger partial charge in [0.05, 0.1) is 11.5 Å². The third-order valence-electron chi connectivity index (χ3n) is 3.76. The van der Waals surface area contributed by atoms with Gasteiger partial charge in [0.1, 0.15) is 16.4 Å². The van der Waals surface area contributed by atoms with Crippen LogP contribution in [0.2, 0.25) is 0 Å². The molecule has 7 heteroatoms. The first-order chi connectivity index (χ1) is 10.4. The van der Waals surface area contributed by atoms with E-state index >= 15 is 0 Å². The second kappa shape index (κ2) is 6.91.